The van der Waals surface area contributed by atoms with Crippen LogP contribution in [-0.2, 0) is 6.42 Å². The van der Waals surface area contributed by atoms with Gasteiger partial charge in [-0.05, 0) is 90.6 Å². The maximum atomic E-state index is 14.3. The summed E-state index contributed by atoms with van der Waals surface area (Å²) in [6.07, 6.45) is 2.93. The monoisotopic (exact) mass is 435 g/mol. The summed E-state index contributed by atoms with van der Waals surface area (Å²) >= 11 is 4.42. The second-order valence-corrected chi connectivity index (χ2v) is 7.37. The lowest BCUT2D eigenvalue weighted by atomic mass is 9.98. The normalized spacial score (nSPS) is 10.2. The quantitative estimate of drug-likeness (QED) is 0.229. The topological polar surface area (TPSA) is 12.4 Å². The fourth-order valence-corrected chi connectivity index (χ4v) is 3.37. The third-order valence-corrected chi connectivity index (χ3v) is 5.00. The van der Waals surface area contributed by atoms with Gasteiger partial charge in [0.1, 0.15) is 11.5 Å². The van der Waals surface area contributed by atoms with Crippen LogP contribution in [0.3, 0.4) is 0 Å². The molecule has 0 heterocycles. The molecule has 0 spiro atoms. The van der Waals surface area contributed by atoms with Gasteiger partial charge >= 0.3 is 0 Å². The number of unbranched alkanes of at least 4 members (excludes halogenated alkanes) is 1. The standard InChI is InChI=1S/C26H20F3NS/c1-3-4-5-18-6-9-20(23(27)13-18)10-7-19-8-11-22(17(2)12-19)21-14-24(28)26(30-16-31)25(29)15-21/h6,8-9,11-15H,3-5H2,1-2H3. The molecule has 0 N–H and O–H groups in total. The molecule has 0 unspecified atom stereocenters. The fourth-order valence-electron chi connectivity index (χ4n) is 3.27. The van der Waals surface area contributed by atoms with Crippen molar-refractivity contribution in [3.05, 3.63) is 88.2 Å². The van der Waals surface area contributed by atoms with E-state index < -0.39 is 17.3 Å². The Balaban J connectivity index is 1.87. The van der Waals surface area contributed by atoms with Crippen molar-refractivity contribution in [2.75, 3.05) is 0 Å². The number of rotatable bonds is 5. The first-order valence-electron chi connectivity index (χ1n) is 9.91. The van der Waals surface area contributed by atoms with Gasteiger partial charge in [-0.1, -0.05) is 37.3 Å². The smallest absolute Gasteiger partial charge is 0.153 e. The molecule has 0 saturated heterocycles. The number of aliphatic imine (C=N–C) groups is 1. The maximum absolute atomic E-state index is 14.3. The van der Waals surface area contributed by atoms with Crippen molar-refractivity contribution in [1.29, 1.82) is 0 Å². The van der Waals surface area contributed by atoms with E-state index in [9.17, 15) is 13.2 Å². The number of hydrogen-bond acceptors (Lipinski definition) is 2. The zero-order chi connectivity index (χ0) is 22.4. The van der Waals surface area contributed by atoms with Gasteiger partial charge in [0.25, 0.3) is 0 Å². The van der Waals surface area contributed by atoms with E-state index >= 15 is 0 Å². The van der Waals surface area contributed by atoms with Crippen LogP contribution in [0.4, 0.5) is 18.9 Å². The molecule has 0 aromatic heterocycles. The maximum Gasteiger partial charge on any atom is 0.153 e. The minimum atomic E-state index is -0.812. The van der Waals surface area contributed by atoms with Gasteiger partial charge in [-0.2, -0.15) is 4.99 Å². The summed E-state index contributed by atoms with van der Waals surface area (Å²) in [4.78, 5) is 3.42. The van der Waals surface area contributed by atoms with Crippen LogP contribution in [0.15, 0.2) is 53.5 Å². The minimum Gasteiger partial charge on any atom is -0.206 e. The highest BCUT2D eigenvalue weighted by Gasteiger charge is 2.13. The highest BCUT2D eigenvalue weighted by atomic mass is 32.1. The summed E-state index contributed by atoms with van der Waals surface area (Å²) in [7, 11) is 0. The largest absolute Gasteiger partial charge is 0.206 e. The zero-order valence-electron chi connectivity index (χ0n) is 17.2. The second kappa shape index (κ2) is 10.2. The average molecular weight is 436 g/mol. The van der Waals surface area contributed by atoms with E-state index in [-0.39, 0.29) is 5.82 Å². The minimum absolute atomic E-state index is 0.334. The van der Waals surface area contributed by atoms with Crippen LogP contribution < -0.4 is 0 Å². The van der Waals surface area contributed by atoms with Crippen molar-refractivity contribution >= 4 is 23.1 Å². The summed E-state index contributed by atoms with van der Waals surface area (Å²) in [5.74, 6) is 3.87. The first-order chi connectivity index (χ1) is 14.9. The Hall–Kier alpha value is -3.19. The molecule has 3 rings (SSSR count). The molecule has 0 saturated carbocycles. The van der Waals surface area contributed by atoms with Crippen molar-refractivity contribution < 1.29 is 13.2 Å². The van der Waals surface area contributed by atoms with Gasteiger partial charge in [0, 0.05) is 5.56 Å². The molecule has 0 bridgehead atoms. The van der Waals surface area contributed by atoms with E-state index in [0.29, 0.717) is 22.3 Å². The molecule has 0 aliphatic heterocycles. The SMILES string of the molecule is CCCCc1ccc(C#Cc2ccc(-c3cc(F)c(N=C=S)c(F)c3)c(C)c2)c(F)c1. The van der Waals surface area contributed by atoms with Crippen LogP contribution in [0.2, 0.25) is 0 Å². The molecule has 0 radical (unpaired) electrons. The first-order valence-corrected chi connectivity index (χ1v) is 10.3. The predicted octanol–water partition coefficient (Wildman–Crippen LogP) is 7.56. The van der Waals surface area contributed by atoms with E-state index in [1.165, 1.54) is 18.2 Å². The molecule has 0 atom stereocenters. The van der Waals surface area contributed by atoms with Gasteiger partial charge in [0.15, 0.2) is 11.6 Å². The Morgan fingerprint density at radius 2 is 1.65 bits per heavy atom. The van der Waals surface area contributed by atoms with Gasteiger partial charge in [-0.25, -0.2) is 13.2 Å². The van der Waals surface area contributed by atoms with Gasteiger partial charge < -0.3 is 0 Å². The highest BCUT2D eigenvalue weighted by molar-refractivity contribution is 7.78. The van der Waals surface area contributed by atoms with E-state index in [4.69, 9.17) is 0 Å². The lowest BCUT2D eigenvalue weighted by Crippen LogP contribution is -1.91. The summed E-state index contributed by atoms with van der Waals surface area (Å²) in [6, 6.07) is 12.8. The molecule has 3 aromatic carbocycles. The number of thiocarbonyl (C=S) groups is 1. The summed E-state index contributed by atoms with van der Waals surface area (Å²) in [6.45, 7) is 3.92. The van der Waals surface area contributed by atoms with E-state index in [1.807, 2.05) is 18.2 Å². The number of benzene rings is 3. The summed E-state index contributed by atoms with van der Waals surface area (Å²) in [5, 5.41) is 1.97. The van der Waals surface area contributed by atoms with Crippen LogP contribution in [0.1, 0.15) is 42.0 Å². The molecular weight excluding hydrogens is 415 g/mol. The number of aryl methyl sites for hydroxylation is 2. The Morgan fingerprint density at radius 1 is 0.903 bits per heavy atom. The molecule has 5 heteroatoms. The van der Waals surface area contributed by atoms with Crippen molar-refractivity contribution in [3.63, 3.8) is 0 Å². The van der Waals surface area contributed by atoms with Gasteiger partial charge in [0.05, 0.1) is 10.7 Å². The van der Waals surface area contributed by atoms with Gasteiger partial charge in [0.2, 0.25) is 0 Å². The van der Waals surface area contributed by atoms with Crippen molar-refractivity contribution in [1.82, 2.24) is 0 Å². The Kier molecular flexibility index (Phi) is 7.41. The summed E-state index contributed by atoms with van der Waals surface area (Å²) in [5.41, 5.74) is 3.34. The number of nitrogens with zero attached hydrogens (tertiary/aromatic N) is 1. The molecule has 0 aliphatic rings. The number of isothiocyanates is 1. The molecule has 0 amide bonds. The molecule has 31 heavy (non-hydrogen) atoms. The first kappa shape index (κ1) is 22.5. The lowest BCUT2D eigenvalue weighted by molar-refractivity contribution is 0.588. The fraction of sp³-hybridized carbons (Fsp3) is 0.192. The summed E-state index contributed by atoms with van der Waals surface area (Å²) < 4.78 is 42.6. The number of hydrogen-bond donors (Lipinski definition) is 0. The molecule has 1 nitrogen and oxygen atoms in total. The van der Waals surface area contributed by atoms with Gasteiger partial charge in [-0.3, -0.25) is 0 Å². The van der Waals surface area contributed by atoms with Crippen LogP contribution in [0.25, 0.3) is 11.1 Å². The predicted molar refractivity (Wildman–Crippen MR) is 122 cm³/mol. The second-order valence-electron chi connectivity index (χ2n) is 7.19. The lowest BCUT2D eigenvalue weighted by Gasteiger charge is -2.08. The Morgan fingerprint density at radius 3 is 2.26 bits per heavy atom. The van der Waals surface area contributed by atoms with Crippen LogP contribution >= 0.6 is 12.2 Å². The van der Waals surface area contributed by atoms with Crippen LogP contribution in [0.5, 0.6) is 0 Å². The van der Waals surface area contributed by atoms with Crippen molar-refractivity contribution in [2.24, 2.45) is 4.99 Å². The molecule has 0 fully saturated rings. The Labute approximate surface area is 185 Å². The average Bonchev–Trinajstić information content (AvgIpc) is 2.74. The third-order valence-electron chi connectivity index (χ3n) is 4.91. The van der Waals surface area contributed by atoms with Crippen molar-refractivity contribution in [3.8, 4) is 23.0 Å². The van der Waals surface area contributed by atoms with Gasteiger partial charge in [-0.15, -0.1) is 0 Å². The molecular formula is C26H20F3NS. The van der Waals surface area contributed by atoms with Crippen LogP contribution in [-0.4, -0.2) is 5.16 Å². The van der Waals surface area contributed by atoms with E-state index in [2.05, 4.69) is 36.0 Å². The van der Waals surface area contributed by atoms with Crippen molar-refractivity contribution in [2.45, 2.75) is 33.1 Å². The van der Waals surface area contributed by atoms with E-state index in [1.54, 1.807) is 24.3 Å². The molecule has 0 aliphatic carbocycles. The van der Waals surface area contributed by atoms with Crippen LogP contribution in [0, 0.1) is 36.2 Å². The molecule has 156 valence electrons. The number of halogens is 3. The third kappa shape index (κ3) is 5.49. The highest BCUT2D eigenvalue weighted by Crippen LogP contribution is 2.31. The molecule has 3 aromatic rings. The Bertz CT molecular complexity index is 1210. The van der Waals surface area contributed by atoms with E-state index in [0.717, 1.165) is 30.4 Å². The zero-order valence-corrected chi connectivity index (χ0v) is 18.0.